The Hall–Kier alpha value is -0.410. The van der Waals surface area contributed by atoms with E-state index in [0.29, 0.717) is 23.0 Å². The molecule has 0 saturated carbocycles. The van der Waals surface area contributed by atoms with Crippen LogP contribution >= 0.6 is 15.9 Å². The fraction of sp³-hybridized carbons (Fsp3) is 0.615. The first-order valence-electron chi connectivity index (χ1n) is 5.88. The third kappa shape index (κ3) is 2.64. The maximum absolute atomic E-state index is 5.90. The summed E-state index contributed by atoms with van der Waals surface area (Å²) >= 11 is 3.79. The van der Waals surface area contributed by atoms with Crippen LogP contribution in [-0.2, 0) is 4.74 Å². The molecule has 1 aromatic heterocycles. The molecule has 1 saturated heterocycles. The van der Waals surface area contributed by atoms with E-state index in [2.05, 4.69) is 46.9 Å². The van der Waals surface area contributed by atoms with E-state index in [4.69, 9.17) is 4.74 Å². The van der Waals surface area contributed by atoms with Gasteiger partial charge in [-0.05, 0) is 43.4 Å². The first-order valence-corrected chi connectivity index (χ1v) is 6.79. The molecule has 4 atom stereocenters. The lowest BCUT2D eigenvalue weighted by Crippen LogP contribution is -2.25. The molecule has 4 unspecified atom stereocenters. The lowest BCUT2D eigenvalue weighted by Gasteiger charge is -2.24. The van der Waals surface area contributed by atoms with Gasteiger partial charge in [0, 0.05) is 17.2 Å². The summed E-state index contributed by atoms with van der Waals surface area (Å²) in [5.41, 5.74) is 1.32. The molecule has 0 spiro atoms. The third-order valence-electron chi connectivity index (χ3n) is 3.33. The molecule has 2 nitrogen and oxygen atoms in total. The average molecular weight is 284 g/mol. The van der Waals surface area contributed by atoms with Crippen LogP contribution in [0, 0.1) is 0 Å². The minimum atomic E-state index is 0.346. The van der Waals surface area contributed by atoms with Gasteiger partial charge in [-0.3, -0.25) is 4.98 Å². The van der Waals surface area contributed by atoms with Gasteiger partial charge in [0.25, 0.3) is 0 Å². The maximum Gasteiger partial charge on any atom is 0.0710 e. The van der Waals surface area contributed by atoms with Gasteiger partial charge < -0.3 is 4.74 Å². The Morgan fingerprint density at radius 3 is 2.62 bits per heavy atom. The van der Waals surface area contributed by atoms with Crippen molar-refractivity contribution >= 4 is 15.9 Å². The number of nitrogens with zero attached hydrogens (tertiary/aromatic N) is 1. The van der Waals surface area contributed by atoms with Crippen LogP contribution in [0.5, 0.6) is 0 Å². The predicted octanol–water partition coefficient (Wildman–Crippen LogP) is 3.52. The largest absolute Gasteiger partial charge is 0.374 e. The standard InChI is InChI=1S/C13H18BrNO/c1-9-3-4-12(16-9)13(14)10(2)11-5-7-15-8-6-11/h5-10,12-13H,3-4H2,1-2H3. The van der Waals surface area contributed by atoms with Gasteiger partial charge in [0.1, 0.15) is 0 Å². The summed E-state index contributed by atoms with van der Waals surface area (Å²) in [6.07, 6.45) is 6.79. The van der Waals surface area contributed by atoms with Crippen LogP contribution in [0.15, 0.2) is 24.5 Å². The maximum atomic E-state index is 5.90. The number of pyridine rings is 1. The van der Waals surface area contributed by atoms with Crippen LogP contribution in [0.3, 0.4) is 0 Å². The molecule has 0 N–H and O–H groups in total. The van der Waals surface area contributed by atoms with Gasteiger partial charge in [0.15, 0.2) is 0 Å². The van der Waals surface area contributed by atoms with Crippen molar-refractivity contribution in [2.24, 2.45) is 0 Å². The van der Waals surface area contributed by atoms with Crippen LogP contribution < -0.4 is 0 Å². The highest BCUT2D eigenvalue weighted by molar-refractivity contribution is 9.09. The number of rotatable bonds is 3. The molecule has 0 amide bonds. The Labute approximate surface area is 106 Å². The first-order chi connectivity index (χ1) is 7.68. The van der Waals surface area contributed by atoms with Crippen molar-refractivity contribution in [3.8, 4) is 0 Å². The van der Waals surface area contributed by atoms with Crippen LogP contribution in [0.1, 0.15) is 38.2 Å². The second-order valence-electron chi connectivity index (χ2n) is 4.58. The minimum Gasteiger partial charge on any atom is -0.374 e. The summed E-state index contributed by atoms with van der Waals surface area (Å²) in [5.74, 6) is 0.457. The van der Waals surface area contributed by atoms with Crippen molar-refractivity contribution in [1.82, 2.24) is 4.98 Å². The van der Waals surface area contributed by atoms with E-state index in [9.17, 15) is 0 Å². The van der Waals surface area contributed by atoms with E-state index in [1.807, 2.05) is 12.4 Å². The highest BCUT2D eigenvalue weighted by Crippen LogP contribution is 2.34. The van der Waals surface area contributed by atoms with E-state index in [0.717, 1.165) is 6.42 Å². The Morgan fingerprint density at radius 1 is 1.38 bits per heavy atom. The van der Waals surface area contributed by atoms with E-state index in [-0.39, 0.29) is 0 Å². The fourth-order valence-corrected chi connectivity index (χ4v) is 2.93. The smallest absolute Gasteiger partial charge is 0.0710 e. The molecule has 0 radical (unpaired) electrons. The van der Waals surface area contributed by atoms with Gasteiger partial charge in [-0.2, -0.15) is 0 Å². The molecule has 0 aliphatic carbocycles. The number of ether oxygens (including phenoxy) is 1. The van der Waals surface area contributed by atoms with E-state index >= 15 is 0 Å². The molecular weight excluding hydrogens is 266 g/mol. The molecule has 2 heterocycles. The van der Waals surface area contributed by atoms with Crippen molar-refractivity contribution in [3.05, 3.63) is 30.1 Å². The first kappa shape index (κ1) is 12.1. The Morgan fingerprint density at radius 2 is 2.06 bits per heavy atom. The Kier molecular flexibility index (Phi) is 3.98. The molecule has 1 aliphatic rings. The average Bonchev–Trinajstić information content (AvgIpc) is 2.75. The zero-order valence-electron chi connectivity index (χ0n) is 9.77. The predicted molar refractivity (Wildman–Crippen MR) is 68.9 cm³/mol. The summed E-state index contributed by atoms with van der Waals surface area (Å²) in [5, 5.41) is 0. The van der Waals surface area contributed by atoms with Gasteiger partial charge in [-0.1, -0.05) is 22.9 Å². The normalized spacial score (nSPS) is 28.9. The number of alkyl halides is 1. The number of hydrogen-bond donors (Lipinski definition) is 0. The Balaban J connectivity index is 2.02. The lowest BCUT2D eigenvalue weighted by molar-refractivity contribution is 0.0526. The molecule has 1 aromatic rings. The van der Waals surface area contributed by atoms with Gasteiger partial charge in [0.05, 0.1) is 12.2 Å². The van der Waals surface area contributed by atoms with Gasteiger partial charge in [0.2, 0.25) is 0 Å². The lowest BCUT2D eigenvalue weighted by atomic mass is 9.94. The minimum absolute atomic E-state index is 0.346. The summed E-state index contributed by atoms with van der Waals surface area (Å²) in [7, 11) is 0. The molecule has 3 heteroatoms. The molecule has 2 rings (SSSR count). The monoisotopic (exact) mass is 283 g/mol. The molecular formula is C13H18BrNO. The van der Waals surface area contributed by atoms with E-state index < -0.39 is 0 Å². The second-order valence-corrected chi connectivity index (χ2v) is 5.63. The van der Waals surface area contributed by atoms with Crippen molar-refractivity contribution < 1.29 is 4.74 Å². The number of halogens is 1. The van der Waals surface area contributed by atoms with Crippen molar-refractivity contribution in [3.63, 3.8) is 0 Å². The molecule has 1 fully saturated rings. The topological polar surface area (TPSA) is 22.1 Å². The highest BCUT2D eigenvalue weighted by atomic mass is 79.9. The molecule has 1 aliphatic heterocycles. The van der Waals surface area contributed by atoms with Crippen LogP contribution in [0.2, 0.25) is 0 Å². The van der Waals surface area contributed by atoms with Gasteiger partial charge >= 0.3 is 0 Å². The summed E-state index contributed by atoms with van der Waals surface area (Å²) in [6, 6.07) is 4.16. The fourth-order valence-electron chi connectivity index (χ4n) is 2.24. The van der Waals surface area contributed by atoms with Crippen molar-refractivity contribution in [1.29, 1.82) is 0 Å². The van der Waals surface area contributed by atoms with Crippen LogP contribution in [0.4, 0.5) is 0 Å². The van der Waals surface area contributed by atoms with Crippen molar-refractivity contribution in [2.45, 2.75) is 49.6 Å². The third-order valence-corrected chi connectivity index (χ3v) is 4.71. The summed E-state index contributed by atoms with van der Waals surface area (Å²) in [6.45, 7) is 4.39. The zero-order chi connectivity index (χ0) is 11.5. The SMILES string of the molecule is CC1CCC(C(Br)C(C)c2ccncc2)O1. The zero-order valence-corrected chi connectivity index (χ0v) is 11.4. The van der Waals surface area contributed by atoms with E-state index in [1.165, 1.54) is 12.0 Å². The molecule has 16 heavy (non-hydrogen) atoms. The van der Waals surface area contributed by atoms with Gasteiger partial charge in [-0.25, -0.2) is 0 Å². The van der Waals surface area contributed by atoms with Crippen LogP contribution in [-0.4, -0.2) is 22.0 Å². The number of aromatic nitrogens is 1. The summed E-state index contributed by atoms with van der Waals surface area (Å²) in [4.78, 5) is 4.44. The van der Waals surface area contributed by atoms with Gasteiger partial charge in [-0.15, -0.1) is 0 Å². The van der Waals surface area contributed by atoms with Crippen molar-refractivity contribution in [2.75, 3.05) is 0 Å². The highest BCUT2D eigenvalue weighted by Gasteiger charge is 2.31. The quantitative estimate of drug-likeness (QED) is 0.792. The van der Waals surface area contributed by atoms with Crippen LogP contribution in [0.25, 0.3) is 0 Å². The molecule has 0 bridgehead atoms. The number of hydrogen-bond acceptors (Lipinski definition) is 2. The van der Waals surface area contributed by atoms with E-state index in [1.54, 1.807) is 0 Å². The molecule has 0 aromatic carbocycles. The summed E-state index contributed by atoms with van der Waals surface area (Å²) < 4.78 is 5.90. The second kappa shape index (κ2) is 5.28. The Bertz CT molecular complexity index is 330. The molecule has 88 valence electrons.